The molecule has 1 fully saturated rings. The fourth-order valence-corrected chi connectivity index (χ4v) is 3.42. The molecule has 0 amide bonds. The summed E-state index contributed by atoms with van der Waals surface area (Å²) in [5.41, 5.74) is 5.93. The highest BCUT2D eigenvalue weighted by molar-refractivity contribution is 7.88. The molecule has 21 heavy (non-hydrogen) atoms. The summed E-state index contributed by atoms with van der Waals surface area (Å²) in [6.45, 7) is 1.66. The van der Waals surface area contributed by atoms with E-state index in [1.165, 1.54) is 4.31 Å². The molecule has 5 nitrogen and oxygen atoms in total. The summed E-state index contributed by atoms with van der Waals surface area (Å²) in [5.74, 6) is -1.02. The summed E-state index contributed by atoms with van der Waals surface area (Å²) in [7, 11) is -3.22. The molecule has 0 aliphatic carbocycles. The van der Waals surface area contributed by atoms with Gasteiger partial charge >= 0.3 is 0 Å². The van der Waals surface area contributed by atoms with Crippen molar-refractivity contribution in [3.05, 3.63) is 35.4 Å². The van der Waals surface area contributed by atoms with Gasteiger partial charge in [0.05, 0.1) is 12.3 Å². The van der Waals surface area contributed by atoms with Crippen LogP contribution in [0.15, 0.2) is 18.2 Å². The van der Waals surface area contributed by atoms with Crippen LogP contribution in [0.3, 0.4) is 0 Å². The Kier molecular flexibility index (Phi) is 4.92. The lowest BCUT2D eigenvalue weighted by molar-refractivity contribution is 0.138. The second-order valence-electron chi connectivity index (χ2n) is 5.12. The number of sulfonamides is 1. The molecule has 0 radical (unpaired) electrons. The van der Waals surface area contributed by atoms with E-state index in [-0.39, 0.29) is 12.1 Å². The van der Waals surface area contributed by atoms with Crippen LogP contribution in [0.25, 0.3) is 0 Å². The van der Waals surface area contributed by atoms with Crippen molar-refractivity contribution in [2.45, 2.75) is 6.04 Å². The molecule has 0 saturated carbocycles. The summed E-state index contributed by atoms with van der Waals surface area (Å²) in [6, 6.07) is 2.84. The van der Waals surface area contributed by atoms with Crippen molar-refractivity contribution < 1.29 is 17.2 Å². The van der Waals surface area contributed by atoms with Crippen molar-refractivity contribution in [1.29, 1.82) is 0 Å². The Hall–Kier alpha value is -1.09. The standard InChI is InChI=1S/C13H19F2N3O2S/c1-21(19,20)18-6-4-17(5-7-18)13(9-16)11-8-10(14)2-3-12(11)15/h2-3,8,13H,4-7,9,16H2,1H3. The second kappa shape index (κ2) is 6.35. The Bertz CT molecular complexity index is 601. The average Bonchev–Trinajstić information content (AvgIpc) is 2.43. The van der Waals surface area contributed by atoms with Crippen molar-refractivity contribution in [3.63, 3.8) is 0 Å². The van der Waals surface area contributed by atoms with Crippen molar-refractivity contribution >= 4 is 10.0 Å². The first-order valence-corrected chi connectivity index (χ1v) is 8.52. The number of piperazine rings is 1. The Labute approximate surface area is 123 Å². The van der Waals surface area contributed by atoms with E-state index < -0.39 is 27.7 Å². The zero-order valence-corrected chi connectivity index (χ0v) is 12.6. The Morgan fingerprint density at radius 2 is 1.86 bits per heavy atom. The Morgan fingerprint density at radius 3 is 2.38 bits per heavy atom. The van der Waals surface area contributed by atoms with Crippen LogP contribution in [-0.2, 0) is 10.0 Å². The van der Waals surface area contributed by atoms with Crippen LogP contribution < -0.4 is 5.73 Å². The quantitative estimate of drug-likeness (QED) is 0.880. The molecule has 1 aromatic carbocycles. The van der Waals surface area contributed by atoms with Gasteiger partial charge in [0, 0.05) is 38.3 Å². The van der Waals surface area contributed by atoms with Gasteiger partial charge in [-0.25, -0.2) is 17.2 Å². The van der Waals surface area contributed by atoms with Crippen LogP contribution in [0.1, 0.15) is 11.6 Å². The molecule has 1 aromatic rings. The molecule has 1 heterocycles. The van der Waals surface area contributed by atoms with E-state index in [0.717, 1.165) is 24.5 Å². The van der Waals surface area contributed by atoms with Gasteiger partial charge in [0.2, 0.25) is 10.0 Å². The second-order valence-corrected chi connectivity index (χ2v) is 7.10. The molecule has 2 N–H and O–H groups in total. The zero-order chi connectivity index (χ0) is 15.6. The van der Waals surface area contributed by atoms with E-state index in [2.05, 4.69) is 0 Å². The van der Waals surface area contributed by atoms with Crippen LogP contribution in [0.5, 0.6) is 0 Å². The number of hydrogen-bond acceptors (Lipinski definition) is 4. The number of hydrogen-bond donors (Lipinski definition) is 1. The maximum Gasteiger partial charge on any atom is 0.211 e. The fourth-order valence-electron chi connectivity index (χ4n) is 2.59. The van der Waals surface area contributed by atoms with Crippen molar-refractivity contribution in [2.24, 2.45) is 5.73 Å². The minimum Gasteiger partial charge on any atom is -0.329 e. The Morgan fingerprint density at radius 1 is 1.24 bits per heavy atom. The summed E-state index contributed by atoms with van der Waals surface area (Å²) < 4.78 is 51.5. The summed E-state index contributed by atoms with van der Waals surface area (Å²) in [4.78, 5) is 1.89. The maximum atomic E-state index is 13.9. The largest absolute Gasteiger partial charge is 0.329 e. The number of benzene rings is 1. The van der Waals surface area contributed by atoms with Crippen LogP contribution in [0.4, 0.5) is 8.78 Å². The summed E-state index contributed by atoms with van der Waals surface area (Å²) in [6.07, 6.45) is 1.16. The highest BCUT2D eigenvalue weighted by atomic mass is 32.2. The smallest absolute Gasteiger partial charge is 0.211 e. The average molecular weight is 319 g/mol. The van der Waals surface area contributed by atoms with Gasteiger partial charge in [0.25, 0.3) is 0 Å². The monoisotopic (exact) mass is 319 g/mol. The van der Waals surface area contributed by atoms with Crippen molar-refractivity contribution in [3.8, 4) is 0 Å². The van der Waals surface area contributed by atoms with Crippen molar-refractivity contribution in [1.82, 2.24) is 9.21 Å². The summed E-state index contributed by atoms with van der Waals surface area (Å²) in [5, 5.41) is 0. The van der Waals surface area contributed by atoms with E-state index in [0.29, 0.717) is 26.2 Å². The number of rotatable bonds is 4. The highest BCUT2D eigenvalue weighted by Crippen LogP contribution is 2.25. The van der Waals surface area contributed by atoms with Gasteiger partial charge in [0.1, 0.15) is 11.6 Å². The molecular formula is C13H19F2N3O2S. The lowest BCUT2D eigenvalue weighted by atomic mass is 10.0. The normalized spacial score (nSPS) is 19.6. The fraction of sp³-hybridized carbons (Fsp3) is 0.538. The molecule has 1 aliphatic heterocycles. The van der Waals surface area contributed by atoms with Gasteiger partial charge in [0.15, 0.2) is 0 Å². The zero-order valence-electron chi connectivity index (χ0n) is 11.8. The molecule has 2 rings (SSSR count). The highest BCUT2D eigenvalue weighted by Gasteiger charge is 2.29. The van der Waals surface area contributed by atoms with Gasteiger partial charge in [-0.1, -0.05) is 0 Å². The lowest BCUT2D eigenvalue weighted by Crippen LogP contribution is -2.50. The van der Waals surface area contributed by atoms with E-state index >= 15 is 0 Å². The molecule has 1 aliphatic rings. The van der Waals surface area contributed by atoms with Crippen LogP contribution >= 0.6 is 0 Å². The molecular weight excluding hydrogens is 300 g/mol. The van der Waals surface area contributed by atoms with Gasteiger partial charge < -0.3 is 5.73 Å². The minimum atomic E-state index is -3.22. The molecule has 1 atom stereocenters. The van der Waals surface area contributed by atoms with Gasteiger partial charge in [-0.2, -0.15) is 4.31 Å². The SMILES string of the molecule is CS(=O)(=O)N1CCN(C(CN)c2cc(F)ccc2F)CC1. The van der Waals surface area contributed by atoms with E-state index in [1.807, 2.05) is 4.90 Å². The molecule has 8 heteroatoms. The van der Waals surface area contributed by atoms with Crippen LogP contribution in [0, 0.1) is 11.6 Å². The third-order valence-electron chi connectivity index (χ3n) is 3.72. The topological polar surface area (TPSA) is 66.6 Å². The molecule has 0 bridgehead atoms. The predicted molar refractivity (Wildman–Crippen MR) is 76.1 cm³/mol. The number of nitrogens with zero attached hydrogens (tertiary/aromatic N) is 2. The minimum absolute atomic E-state index is 0.138. The first-order valence-electron chi connectivity index (χ1n) is 6.67. The van der Waals surface area contributed by atoms with Crippen LogP contribution in [-0.4, -0.2) is 56.6 Å². The van der Waals surface area contributed by atoms with E-state index in [9.17, 15) is 17.2 Å². The molecule has 1 unspecified atom stereocenters. The third-order valence-corrected chi connectivity index (χ3v) is 5.03. The van der Waals surface area contributed by atoms with Crippen molar-refractivity contribution in [2.75, 3.05) is 39.0 Å². The number of nitrogens with two attached hydrogens (primary N) is 1. The lowest BCUT2D eigenvalue weighted by Gasteiger charge is -2.38. The number of halogens is 2. The van der Waals surface area contributed by atoms with E-state index in [4.69, 9.17) is 5.73 Å². The summed E-state index contributed by atoms with van der Waals surface area (Å²) >= 11 is 0. The molecule has 0 aromatic heterocycles. The van der Waals surface area contributed by atoms with Gasteiger partial charge in [-0.15, -0.1) is 0 Å². The van der Waals surface area contributed by atoms with E-state index in [1.54, 1.807) is 0 Å². The maximum absolute atomic E-state index is 13.9. The third kappa shape index (κ3) is 3.76. The van der Waals surface area contributed by atoms with Gasteiger partial charge in [-0.05, 0) is 18.2 Å². The molecule has 1 saturated heterocycles. The predicted octanol–water partition coefficient (Wildman–Crippen LogP) is 0.542. The molecule has 0 spiro atoms. The Balaban J connectivity index is 2.15. The van der Waals surface area contributed by atoms with Gasteiger partial charge in [-0.3, -0.25) is 4.90 Å². The first kappa shape index (κ1) is 16.3. The molecule has 118 valence electrons. The first-order chi connectivity index (χ1) is 9.82. The van der Waals surface area contributed by atoms with Crippen LogP contribution in [0.2, 0.25) is 0 Å².